The van der Waals surface area contributed by atoms with Gasteiger partial charge < -0.3 is 14.6 Å². The standard InChI is InChI=1S/C18H27N5O3/c1-12-11-15(13(2)22(12)8-4-10-26-3)17(24)19-14-5-6-16-20-21-18(25)23(16)9-7-14/h11,14H,4-10H2,1-3H3,(H,19,24)(H,21,25). The molecule has 8 heteroatoms. The number of fused-ring (bicyclic) bond motifs is 1. The second kappa shape index (κ2) is 7.90. The average Bonchev–Trinajstić information content (AvgIpc) is 3.02. The Balaban J connectivity index is 1.65. The van der Waals surface area contributed by atoms with Gasteiger partial charge in [-0.3, -0.25) is 9.36 Å². The minimum absolute atomic E-state index is 0.0418. The Bertz CT molecular complexity index is 832. The first-order chi connectivity index (χ1) is 12.5. The molecule has 3 heterocycles. The quantitative estimate of drug-likeness (QED) is 0.755. The summed E-state index contributed by atoms with van der Waals surface area (Å²) < 4.78 is 8.94. The van der Waals surface area contributed by atoms with Crippen molar-refractivity contribution in [3.8, 4) is 0 Å². The predicted molar refractivity (Wildman–Crippen MR) is 97.4 cm³/mol. The van der Waals surface area contributed by atoms with Gasteiger partial charge in [-0.2, -0.15) is 5.10 Å². The number of hydrogen-bond donors (Lipinski definition) is 2. The number of nitrogens with one attached hydrogen (secondary N) is 2. The van der Waals surface area contributed by atoms with E-state index in [4.69, 9.17) is 4.74 Å². The molecule has 1 aliphatic heterocycles. The van der Waals surface area contributed by atoms with Crippen molar-refractivity contribution < 1.29 is 9.53 Å². The zero-order valence-electron chi connectivity index (χ0n) is 15.7. The molecule has 142 valence electrons. The number of nitrogens with zero attached hydrogens (tertiary/aromatic N) is 3. The molecular formula is C18H27N5O3. The van der Waals surface area contributed by atoms with Crippen molar-refractivity contribution in [2.45, 2.75) is 58.7 Å². The Kier molecular flexibility index (Phi) is 5.61. The lowest BCUT2D eigenvalue weighted by atomic mass is 10.1. The first-order valence-electron chi connectivity index (χ1n) is 9.12. The number of methoxy groups -OCH3 is 1. The number of amides is 1. The van der Waals surface area contributed by atoms with E-state index in [1.807, 2.05) is 19.9 Å². The van der Waals surface area contributed by atoms with Crippen molar-refractivity contribution in [2.24, 2.45) is 0 Å². The lowest BCUT2D eigenvalue weighted by Crippen LogP contribution is -2.35. The first kappa shape index (κ1) is 18.4. The van der Waals surface area contributed by atoms with Gasteiger partial charge >= 0.3 is 5.69 Å². The summed E-state index contributed by atoms with van der Waals surface area (Å²) in [6, 6.07) is 1.99. The van der Waals surface area contributed by atoms with Crippen LogP contribution in [0.15, 0.2) is 10.9 Å². The monoisotopic (exact) mass is 361 g/mol. The van der Waals surface area contributed by atoms with E-state index in [0.29, 0.717) is 19.6 Å². The third kappa shape index (κ3) is 3.75. The minimum Gasteiger partial charge on any atom is -0.385 e. The van der Waals surface area contributed by atoms with Gasteiger partial charge in [0.2, 0.25) is 0 Å². The number of H-pyrrole nitrogens is 1. The van der Waals surface area contributed by atoms with Crippen LogP contribution in [-0.4, -0.2) is 45.0 Å². The maximum atomic E-state index is 12.8. The number of carbonyl (C=O) groups is 1. The van der Waals surface area contributed by atoms with Crippen LogP contribution >= 0.6 is 0 Å². The van der Waals surface area contributed by atoms with Crippen LogP contribution in [0.3, 0.4) is 0 Å². The summed E-state index contributed by atoms with van der Waals surface area (Å²) in [5.41, 5.74) is 2.61. The molecule has 0 aliphatic carbocycles. The Morgan fingerprint density at radius 1 is 1.42 bits per heavy atom. The van der Waals surface area contributed by atoms with Gasteiger partial charge in [-0.05, 0) is 39.2 Å². The number of aromatic nitrogens is 4. The van der Waals surface area contributed by atoms with E-state index in [2.05, 4.69) is 20.1 Å². The highest BCUT2D eigenvalue weighted by Gasteiger charge is 2.22. The number of rotatable bonds is 6. The molecule has 1 atom stereocenters. The molecule has 0 saturated heterocycles. The molecule has 0 fully saturated rings. The third-order valence-electron chi connectivity index (χ3n) is 5.14. The van der Waals surface area contributed by atoms with Gasteiger partial charge in [-0.25, -0.2) is 9.89 Å². The molecule has 3 rings (SSSR count). The predicted octanol–water partition coefficient (Wildman–Crippen LogP) is 1.16. The molecule has 2 aromatic rings. The fourth-order valence-corrected chi connectivity index (χ4v) is 3.65. The summed E-state index contributed by atoms with van der Waals surface area (Å²) >= 11 is 0. The van der Waals surface area contributed by atoms with Crippen LogP contribution in [0.1, 0.15) is 46.8 Å². The summed E-state index contributed by atoms with van der Waals surface area (Å²) in [5, 5.41) is 9.67. The molecule has 2 N–H and O–H groups in total. The smallest absolute Gasteiger partial charge is 0.343 e. The van der Waals surface area contributed by atoms with Crippen molar-refractivity contribution in [1.82, 2.24) is 24.6 Å². The van der Waals surface area contributed by atoms with E-state index in [0.717, 1.165) is 48.6 Å². The normalized spacial score (nSPS) is 17.0. The van der Waals surface area contributed by atoms with Crippen molar-refractivity contribution in [1.29, 1.82) is 0 Å². The van der Waals surface area contributed by atoms with Crippen molar-refractivity contribution in [3.05, 3.63) is 39.3 Å². The van der Waals surface area contributed by atoms with E-state index in [-0.39, 0.29) is 17.6 Å². The highest BCUT2D eigenvalue weighted by molar-refractivity contribution is 5.95. The second-order valence-corrected chi connectivity index (χ2v) is 6.88. The summed E-state index contributed by atoms with van der Waals surface area (Å²) in [6.45, 7) is 6.12. The molecule has 0 spiro atoms. The number of aromatic amines is 1. The number of ether oxygens (including phenoxy) is 1. The van der Waals surface area contributed by atoms with Gasteiger partial charge in [0.15, 0.2) is 0 Å². The van der Waals surface area contributed by atoms with E-state index < -0.39 is 0 Å². The van der Waals surface area contributed by atoms with Crippen LogP contribution < -0.4 is 11.0 Å². The zero-order valence-corrected chi connectivity index (χ0v) is 15.7. The topological polar surface area (TPSA) is 93.9 Å². The summed E-state index contributed by atoms with van der Waals surface area (Å²) in [5.74, 6) is 0.720. The average molecular weight is 361 g/mol. The largest absolute Gasteiger partial charge is 0.385 e. The first-order valence-corrected chi connectivity index (χ1v) is 9.12. The molecule has 1 aliphatic rings. The van der Waals surface area contributed by atoms with Gasteiger partial charge in [0.05, 0.1) is 5.56 Å². The number of hydrogen-bond acceptors (Lipinski definition) is 4. The van der Waals surface area contributed by atoms with Crippen LogP contribution in [0.4, 0.5) is 0 Å². The molecule has 2 aromatic heterocycles. The summed E-state index contributed by atoms with van der Waals surface area (Å²) in [6.07, 6.45) is 3.10. The van der Waals surface area contributed by atoms with Gasteiger partial charge in [-0.1, -0.05) is 0 Å². The molecule has 26 heavy (non-hydrogen) atoms. The fourth-order valence-electron chi connectivity index (χ4n) is 3.65. The summed E-state index contributed by atoms with van der Waals surface area (Å²) in [7, 11) is 1.70. The maximum Gasteiger partial charge on any atom is 0.343 e. The highest BCUT2D eigenvalue weighted by atomic mass is 16.5. The van der Waals surface area contributed by atoms with E-state index in [1.54, 1.807) is 11.7 Å². The van der Waals surface area contributed by atoms with E-state index in [9.17, 15) is 9.59 Å². The Morgan fingerprint density at radius 2 is 2.23 bits per heavy atom. The van der Waals surface area contributed by atoms with E-state index in [1.165, 1.54) is 0 Å². The zero-order chi connectivity index (χ0) is 18.7. The van der Waals surface area contributed by atoms with E-state index >= 15 is 0 Å². The molecule has 1 amide bonds. The van der Waals surface area contributed by atoms with Crippen LogP contribution in [0.2, 0.25) is 0 Å². The summed E-state index contributed by atoms with van der Waals surface area (Å²) in [4.78, 5) is 24.5. The molecule has 0 radical (unpaired) electrons. The Morgan fingerprint density at radius 3 is 3.00 bits per heavy atom. The second-order valence-electron chi connectivity index (χ2n) is 6.88. The number of carbonyl (C=O) groups excluding carboxylic acids is 1. The third-order valence-corrected chi connectivity index (χ3v) is 5.14. The maximum absolute atomic E-state index is 12.8. The van der Waals surface area contributed by atoms with Crippen LogP contribution in [0.25, 0.3) is 0 Å². The Hall–Kier alpha value is -2.35. The SMILES string of the molecule is COCCCn1c(C)cc(C(=O)NC2CCc3n[nH]c(=O)n3CC2)c1C. The molecule has 8 nitrogen and oxygen atoms in total. The molecule has 0 bridgehead atoms. The van der Waals surface area contributed by atoms with Gasteiger partial charge in [0.25, 0.3) is 5.91 Å². The van der Waals surface area contributed by atoms with Crippen LogP contribution in [0.5, 0.6) is 0 Å². The minimum atomic E-state index is -0.174. The molecule has 1 unspecified atom stereocenters. The van der Waals surface area contributed by atoms with Crippen molar-refractivity contribution >= 4 is 5.91 Å². The number of aryl methyl sites for hydroxylation is 2. The van der Waals surface area contributed by atoms with Gasteiger partial charge in [0.1, 0.15) is 5.82 Å². The molecule has 0 saturated carbocycles. The lowest BCUT2D eigenvalue weighted by Gasteiger charge is -2.16. The molecular weight excluding hydrogens is 334 g/mol. The van der Waals surface area contributed by atoms with Crippen LogP contribution in [0, 0.1) is 13.8 Å². The van der Waals surface area contributed by atoms with Gasteiger partial charge in [0, 0.05) is 50.7 Å². The van der Waals surface area contributed by atoms with Crippen LogP contribution in [-0.2, 0) is 24.2 Å². The van der Waals surface area contributed by atoms with Gasteiger partial charge in [-0.15, -0.1) is 0 Å². The fraction of sp³-hybridized carbons (Fsp3) is 0.611. The molecule has 0 aromatic carbocycles. The lowest BCUT2D eigenvalue weighted by molar-refractivity contribution is 0.0932. The van der Waals surface area contributed by atoms with Crippen molar-refractivity contribution in [3.63, 3.8) is 0 Å². The highest BCUT2D eigenvalue weighted by Crippen LogP contribution is 2.17. The van der Waals surface area contributed by atoms with Crippen molar-refractivity contribution in [2.75, 3.05) is 13.7 Å². The Labute approximate surface area is 152 Å².